The van der Waals surface area contributed by atoms with Crippen molar-refractivity contribution in [2.24, 2.45) is 11.8 Å². The SMILES string of the molecule is O=C1Nc2ccccc2[C@]12CC2[C@@H]1C=Cc2c(/C=C/c3ccc(CN4CCCC4)cc3)n[nH]c2C1. The zero-order chi connectivity index (χ0) is 23.4. The number of fused-ring (bicyclic) bond motifs is 3. The van der Waals surface area contributed by atoms with Crippen molar-refractivity contribution in [2.45, 2.75) is 37.6 Å². The fourth-order valence-electron chi connectivity index (χ4n) is 6.49. The van der Waals surface area contributed by atoms with E-state index in [-0.39, 0.29) is 11.3 Å². The van der Waals surface area contributed by atoms with Crippen LogP contribution in [0.25, 0.3) is 18.2 Å². The Hall–Kier alpha value is -3.44. The minimum absolute atomic E-state index is 0.169. The summed E-state index contributed by atoms with van der Waals surface area (Å²) in [6.07, 6.45) is 13.2. The van der Waals surface area contributed by atoms with E-state index in [2.05, 4.69) is 75.0 Å². The maximum Gasteiger partial charge on any atom is 0.235 e. The van der Waals surface area contributed by atoms with Crippen LogP contribution in [-0.2, 0) is 23.2 Å². The molecule has 2 aromatic carbocycles. The molecule has 3 aromatic rings. The second-order valence-electron chi connectivity index (χ2n) is 10.6. The molecule has 1 spiro atoms. The van der Waals surface area contributed by atoms with Gasteiger partial charge < -0.3 is 5.32 Å². The van der Waals surface area contributed by atoms with Crippen LogP contribution in [0.1, 0.15) is 52.9 Å². The molecule has 5 nitrogen and oxygen atoms in total. The zero-order valence-electron chi connectivity index (χ0n) is 19.8. The first-order chi connectivity index (χ1) is 17.2. The van der Waals surface area contributed by atoms with Gasteiger partial charge in [0.15, 0.2) is 0 Å². The number of amides is 1. The summed E-state index contributed by atoms with van der Waals surface area (Å²) in [5.74, 6) is 0.860. The molecule has 176 valence electrons. The number of aromatic amines is 1. The van der Waals surface area contributed by atoms with E-state index in [0.29, 0.717) is 11.8 Å². The molecule has 2 aliphatic carbocycles. The van der Waals surface area contributed by atoms with Crippen LogP contribution in [0, 0.1) is 11.8 Å². The molecule has 3 heterocycles. The number of allylic oxidation sites excluding steroid dienone is 1. The first-order valence-electron chi connectivity index (χ1n) is 12.9. The predicted octanol–water partition coefficient (Wildman–Crippen LogP) is 5.27. The molecule has 2 aliphatic heterocycles. The van der Waals surface area contributed by atoms with Gasteiger partial charge in [-0.05, 0) is 79.4 Å². The topological polar surface area (TPSA) is 61.0 Å². The zero-order valence-corrected chi connectivity index (χ0v) is 19.8. The van der Waals surface area contributed by atoms with Gasteiger partial charge in [0.05, 0.1) is 11.1 Å². The number of H-pyrrole nitrogens is 1. The maximum absolute atomic E-state index is 12.9. The number of hydrogen-bond acceptors (Lipinski definition) is 3. The van der Waals surface area contributed by atoms with Crippen LogP contribution in [0.3, 0.4) is 0 Å². The molecule has 2 fully saturated rings. The number of aromatic nitrogens is 2. The lowest BCUT2D eigenvalue weighted by atomic mass is 9.84. The highest BCUT2D eigenvalue weighted by Crippen LogP contribution is 2.63. The Kier molecular flexibility index (Phi) is 4.81. The predicted molar refractivity (Wildman–Crippen MR) is 140 cm³/mol. The van der Waals surface area contributed by atoms with E-state index >= 15 is 0 Å². The van der Waals surface area contributed by atoms with E-state index < -0.39 is 0 Å². The van der Waals surface area contributed by atoms with Crippen molar-refractivity contribution in [1.82, 2.24) is 15.1 Å². The summed E-state index contributed by atoms with van der Waals surface area (Å²) < 4.78 is 0. The van der Waals surface area contributed by atoms with Crippen LogP contribution in [0.15, 0.2) is 54.6 Å². The molecule has 1 unspecified atom stereocenters. The molecule has 1 amide bonds. The molecule has 5 heteroatoms. The van der Waals surface area contributed by atoms with Crippen molar-refractivity contribution in [3.8, 4) is 0 Å². The van der Waals surface area contributed by atoms with E-state index in [9.17, 15) is 4.79 Å². The van der Waals surface area contributed by atoms with Crippen molar-refractivity contribution in [3.63, 3.8) is 0 Å². The van der Waals surface area contributed by atoms with Crippen molar-refractivity contribution in [2.75, 3.05) is 18.4 Å². The van der Waals surface area contributed by atoms with Gasteiger partial charge in [0.2, 0.25) is 5.91 Å². The quantitative estimate of drug-likeness (QED) is 0.543. The first kappa shape index (κ1) is 20.9. The number of nitrogens with one attached hydrogen (secondary N) is 2. The van der Waals surface area contributed by atoms with Gasteiger partial charge in [0.1, 0.15) is 0 Å². The number of hydrogen-bond donors (Lipinski definition) is 2. The summed E-state index contributed by atoms with van der Waals surface area (Å²) >= 11 is 0. The number of benzene rings is 2. The average Bonchev–Trinajstić information content (AvgIpc) is 3.13. The highest BCUT2D eigenvalue weighted by Gasteiger charge is 2.66. The first-order valence-corrected chi connectivity index (χ1v) is 12.9. The molecular formula is C30H30N4O. The molecule has 0 bridgehead atoms. The highest BCUT2D eigenvalue weighted by atomic mass is 16.2. The molecule has 3 atom stereocenters. The monoisotopic (exact) mass is 462 g/mol. The van der Waals surface area contributed by atoms with Crippen molar-refractivity contribution in [3.05, 3.63) is 88.2 Å². The Morgan fingerprint density at radius 3 is 2.74 bits per heavy atom. The van der Waals surface area contributed by atoms with Crippen LogP contribution >= 0.6 is 0 Å². The van der Waals surface area contributed by atoms with Crippen LogP contribution < -0.4 is 5.32 Å². The third-order valence-corrected chi connectivity index (χ3v) is 8.47. The highest BCUT2D eigenvalue weighted by molar-refractivity contribution is 6.09. The van der Waals surface area contributed by atoms with Gasteiger partial charge in [-0.25, -0.2) is 0 Å². The minimum Gasteiger partial charge on any atom is -0.325 e. The molecule has 2 N–H and O–H groups in total. The molecule has 4 aliphatic rings. The fourth-order valence-corrected chi connectivity index (χ4v) is 6.49. The van der Waals surface area contributed by atoms with Gasteiger partial charge in [0.25, 0.3) is 0 Å². The average molecular weight is 463 g/mol. The minimum atomic E-state index is -0.340. The van der Waals surface area contributed by atoms with Gasteiger partial charge in [-0.1, -0.05) is 60.7 Å². The smallest absolute Gasteiger partial charge is 0.235 e. The lowest BCUT2D eigenvalue weighted by Gasteiger charge is -2.19. The second kappa shape index (κ2) is 8.06. The van der Waals surface area contributed by atoms with E-state index in [1.54, 1.807) is 0 Å². The third kappa shape index (κ3) is 3.49. The summed E-state index contributed by atoms with van der Waals surface area (Å²) in [6, 6.07) is 17.0. The largest absolute Gasteiger partial charge is 0.325 e. The van der Waals surface area contributed by atoms with Gasteiger partial charge in [0, 0.05) is 23.5 Å². The Bertz CT molecular complexity index is 1340. The van der Waals surface area contributed by atoms with Crippen LogP contribution in [0.2, 0.25) is 0 Å². The number of carbonyl (C=O) groups is 1. The summed E-state index contributed by atoms with van der Waals surface area (Å²) in [4.78, 5) is 15.4. The lowest BCUT2D eigenvalue weighted by Crippen LogP contribution is -2.25. The Morgan fingerprint density at radius 1 is 1.06 bits per heavy atom. The summed E-state index contributed by atoms with van der Waals surface area (Å²) in [5, 5.41) is 11.0. The third-order valence-electron chi connectivity index (χ3n) is 8.47. The number of likely N-dealkylation sites (tertiary alicyclic amines) is 1. The lowest BCUT2D eigenvalue weighted by molar-refractivity contribution is -0.118. The normalized spacial score (nSPS) is 26.9. The Labute approximate surface area is 205 Å². The Balaban J connectivity index is 1.04. The van der Waals surface area contributed by atoms with Crippen molar-refractivity contribution >= 4 is 29.8 Å². The molecule has 0 radical (unpaired) electrons. The number of carbonyl (C=O) groups excluding carboxylic acids is 1. The molecule has 7 rings (SSSR count). The summed E-state index contributed by atoms with van der Waals surface area (Å²) in [6.45, 7) is 3.50. The van der Waals surface area contributed by atoms with Crippen molar-refractivity contribution < 1.29 is 4.79 Å². The van der Waals surface area contributed by atoms with E-state index in [0.717, 1.165) is 30.8 Å². The van der Waals surface area contributed by atoms with E-state index in [4.69, 9.17) is 0 Å². The Morgan fingerprint density at radius 2 is 1.89 bits per heavy atom. The number of nitrogens with zero attached hydrogens (tertiary/aromatic N) is 2. The van der Waals surface area contributed by atoms with E-state index in [1.165, 1.54) is 53.9 Å². The standard InChI is InChI=1S/C30H30N4O/c35-29-30(24-5-1-2-6-27(24)31-29)18-25(30)22-12-13-23-26(32-33-28(23)17-22)14-11-20-7-9-21(10-8-20)19-34-15-3-4-16-34/h1-2,5-14,22,25H,3-4,15-19H2,(H,31,35)(H,32,33)/b14-11+/t22-,25?,30+/m1/s1. The van der Waals surface area contributed by atoms with Gasteiger partial charge >= 0.3 is 0 Å². The summed E-state index contributed by atoms with van der Waals surface area (Å²) in [7, 11) is 0. The summed E-state index contributed by atoms with van der Waals surface area (Å²) in [5.41, 5.74) is 7.72. The molecular weight excluding hydrogens is 432 g/mol. The van der Waals surface area contributed by atoms with Crippen LogP contribution in [-0.4, -0.2) is 34.1 Å². The number of para-hydroxylation sites is 1. The number of rotatable bonds is 5. The van der Waals surface area contributed by atoms with Gasteiger partial charge in [-0.2, -0.15) is 5.10 Å². The van der Waals surface area contributed by atoms with Crippen molar-refractivity contribution in [1.29, 1.82) is 0 Å². The van der Waals surface area contributed by atoms with Crippen LogP contribution in [0.5, 0.6) is 0 Å². The van der Waals surface area contributed by atoms with E-state index in [1.807, 2.05) is 18.2 Å². The molecule has 35 heavy (non-hydrogen) atoms. The molecule has 1 saturated carbocycles. The molecule has 1 aromatic heterocycles. The number of anilines is 1. The fraction of sp³-hybridized carbons (Fsp3) is 0.333. The van der Waals surface area contributed by atoms with Gasteiger partial charge in [-0.15, -0.1) is 0 Å². The maximum atomic E-state index is 12.9. The second-order valence-corrected chi connectivity index (χ2v) is 10.6. The van der Waals surface area contributed by atoms with Crippen LogP contribution in [0.4, 0.5) is 5.69 Å². The molecule has 1 saturated heterocycles. The van der Waals surface area contributed by atoms with Gasteiger partial charge in [-0.3, -0.25) is 14.8 Å².